The van der Waals surface area contributed by atoms with Gasteiger partial charge in [0.1, 0.15) is 5.75 Å². The summed E-state index contributed by atoms with van der Waals surface area (Å²) in [6, 6.07) is 17.7. The van der Waals surface area contributed by atoms with Gasteiger partial charge in [0.2, 0.25) is 5.91 Å². The molecule has 0 aliphatic carbocycles. The summed E-state index contributed by atoms with van der Waals surface area (Å²) >= 11 is 6.31. The number of hydrogen-bond acceptors (Lipinski definition) is 12. The molecule has 0 aromatic heterocycles. The average Bonchev–Trinajstić information content (AvgIpc) is 0.800. The van der Waals surface area contributed by atoms with Crippen LogP contribution in [0.25, 0.3) is 0 Å². The molecule has 3 rings (SSSR count). The van der Waals surface area contributed by atoms with Gasteiger partial charge in [-0.05, 0) is 173 Å². The van der Waals surface area contributed by atoms with E-state index in [1.54, 1.807) is 36.3 Å². The first kappa shape index (κ1) is 103. The number of rotatable bonds is 51. The van der Waals surface area contributed by atoms with E-state index >= 15 is 0 Å². The Morgan fingerprint density at radius 3 is 0.885 bits per heavy atom. The van der Waals surface area contributed by atoms with Crippen LogP contribution in [-0.4, -0.2) is 81.2 Å². The minimum Gasteiger partial charge on any atom is -0.494 e. The minimum atomic E-state index is -0.622. The summed E-state index contributed by atoms with van der Waals surface area (Å²) in [6.07, 6.45) is 5.75. The van der Waals surface area contributed by atoms with Crippen LogP contribution in [0.15, 0.2) is 420 Å². The van der Waals surface area contributed by atoms with Crippen molar-refractivity contribution >= 4 is 47.0 Å². The molecule has 0 spiro atoms. The monoisotopic (exact) mass is 1720 g/mol. The number of carbonyl (C=O) groups excluding carboxylic acids is 5. The number of benzene rings is 3. The lowest BCUT2D eigenvalue weighted by Gasteiger charge is -2.21. The number of halogens is 1. The van der Waals surface area contributed by atoms with Crippen molar-refractivity contribution in [3.05, 3.63) is 113 Å². The molecule has 0 atom stereocenters. The molecule has 122 heavy (non-hydrogen) atoms. The van der Waals surface area contributed by atoms with E-state index < -0.39 is 5.97 Å². The number of amides is 2. The third-order valence-corrected chi connectivity index (χ3v) is 10.3. The highest BCUT2D eigenvalue weighted by Gasteiger charge is 2.24. The van der Waals surface area contributed by atoms with Crippen LogP contribution >= 0.6 is 11.6 Å². The fourth-order valence-electron chi connectivity index (χ4n) is 5.61. The van der Waals surface area contributed by atoms with Crippen molar-refractivity contribution in [3.63, 3.8) is 0 Å². The number of anilines is 1. The molecule has 0 saturated carbocycles. The van der Waals surface area contributed by atoms with Crippen LogP contribution in [0.3, 0.4) is 0 Å². The molecule has 3 N–H and O–H groups in total. The third kappa shape index (κ3) is 66.0. The molecule has 0 aliphatic rings. The van der Waals surface area contributed by atoms with Gasteiger partial charge in [0.05, 0.1) is 36.0 Å². The Morgan fingerprint density at radius 2 is 0.639 bits per heavy atom. The smallest absolute Gasteiger partial charge is 0.343 e. The number of nitrogens with one attached hydrogen (secondary N) is 3. The summed E-state index contributed by atoms with van der Waals surface area (Å²) < 4.78 is 25.4. The molecule has 0 heterocycles. The first-order valence-electron chi connectivity index (χ1n) is 31.3. The Balaban J connectivity index is 0.00000208. The summed E-state index contributed by atoms with van der Waals surface area (Å²) in [5, 5.41) is 192. The highest BCUT2D eigenvalue weighted by atomic mass is 35.5. The van der Waals surface area contributed by atoms with E-state index in [1.165, 1.54) is 30.7 Å². The Kier molecular flexibility index (Phi) is 66.9. The van der Waals surface area contributed by atoms with Gasteiger partial charge in [-0.1, -0.05) is 60.2 Å². The molecule has 0 radical (unpaired) electrons. The van der Waals surface area contributed by atoms with Crippen molar-refractivity contribution in [3.8, 4) is 11.5 Å². The van der Waals surface area contributed by atoms with Gasteiger partial charge < -0.3 is 33.9 Å². The van der Waals surface area contributed by atoms with E-state index in [2.05, 4.69) is 353 Å². The number of ether oxygens (including phenoxy) is 5. The number of aryl methyl sites for hydroxylation is 2. The first-order valence-corrected chi connectivity index (χ1v) is 31.7. The maximum absolute atomic E-state index is 12.9. The van der Waals surface area contributed by atoms with E-state index in [0.717, 1.165) is 43.1 Å². The van der Waals surface area contributed by atoms with E-state index in [-0.39, 0.29) is 40.1 Å². The van der Waals surface area contributed by atoms with Gasteiger partial charge in [-0.25, -0.2) is 14.4 Å². The van der Waals surface area contributed by atoms with Crippen molar-refractivity contribution in [1.29, 1.82) is 11.1 Å². The van der Waals surface area contributed by atoms with E-state index in [1.807, 2.05) is 52.0 Å². The van der Waals surface area contributed by atoms with Gasteiger partial charge in [-0.15, -0.1) is 0 Å². The molecule has 636 valence electrons. The lowest BCUT2D eigenvalue weighted by molar-refractivity contribution is -0.138. The van der Waals surface area contributed by atoms with Crippen molar-refractivity contribution < 1.29 is 47.7 Å². The lowest BCUT2D eigenvalue weighted by Crippen LogP contribution is -2.31. The van der Waals surface area contributed by atoms with E-state index in [0.29, 0.717) is 50.8 Å². The molecule has 0 aliphatic heterocycles. The standard InChI is InChI=1S/C21H23ClN2O4.C14H18O3.C8H14O3.H2N66/c1-5-24(6-2)20(26)17-11-16(23-14(4)25)12-18(22)19(17)28-21(27)15-9-7-13(3)8-10-15;1-3-14(15)17-11-5-4-10-16-13-8-6-12(2)7-9-13;1-3-8(9)11-7-5-4-6-10-2;1-3-5-7-9-11-13-15-17-19-21-23-25-27-29-31-33-35-37-39-41-43-45-47-49-51-53-55-57-59-61-63-65-66-64-62-60-58-56-54-52-50-48-46-44-42-40-38-36-34-32-30-28-26-24-22-20-18-16-14-12-10-8-6-4-2/h7-12H,5-6H2,1-4H3,(H,23,25);3,6-9H,1,4-5,10-11H2,2H3;3H,1,4-7H2,2H3;1-2H/b;;;3-1?,4-2?,7-5+,8-6+,11-9+,12-10+,15-13+,16-14+,19-17+,20-18+,23-21+,24-22+,27-25+,28-26+,31-29+,32-30+,35-33+,36-34+,39-37+,40-38+,43-41+,44-42+,47-45+,48-46+,51-49+,52-50+,55-53+,56-54+,59-57+,60-58+,63-61+,64-62+,66-65+. The lowest BCUT2D eigenvalue weighted by atomic mass is 10.1. The molecule has 79 heteroatoms. The zero-order chi connectivity index (χ0) is 89.1. The van der Waals surface area contributed by atoms with Crippen LogP contribution in [0.1, 0.15) is 78.3 Å². The van der Waals surface area contributed by atoms with Crippen LogP contribution in [0.4, 0.5) is 5.69 Å². The fraction of sp³-hybridized carbons (Fsp3) is 0.372. The van der Waals surface area contributed by atoms with Crippen molar-refractivity contribution in [2.45, 2.75) is 60.3 Å². The molecule has 78 nitrogen and oxygen atoms in total. The summed E-state index contributed by atoms with van der Waals surface area (Å²) in [5.41, 5.74) is 15.5. The number of unbranched alkanes of at least 4 members (excludes halogenated alkanes) is 2. The molecule has 3 aromatic carbocycles. The Bertz CT molecular complexity index is 4450. The SMILES string of the molecule is C=CC(=O)OCCCCOC.C=CC(=O)OCCCCOc1ccc(C)cc1.CCN(CC)C(=O)c1cc(NC(C)=O)cc(Cl)c1OC(=O)c1ccc(C)cc1.N=N/N=N/N=N/N=N/N=N/N=N/N=N/N=N/N=N/N=N/N=N/N=N/N=N/N=N/N=N/N=N/N=N/N=N/N=N/N=N/N=N/N=N/N=N/N=N/N=N/N=N/N=N/N=N/N=N/N=N/N=N/N=N/N=N. The van der Waals surface area contributed by atoms with Crippen molar-refractivity contribution in [1.82, 2.24) is 4.90 Å². The Morgan fingerprint density at radius 1 is 0.385 bits per heavy atom. The maximum Gasteiger partial charge on any atom is 0.343 e. The Hall–Kier alpha value is -18.7. The predicted molar refractivity (Wildman–Crippen MR) is 379 cm³/mol. The van der Waals surface area contributed by atoms with Gasteiger partial charge in [0.15, 0.2) is 5.75 Å². The molecule has 3 aromatic rings. The molecule has 2 amide bonds. The van der Waals surface area contributed by atoms with Crippen molar-refractivity contribution in [2.75, 3.05) is 51.9 Å². The second kappa shape index (κ2) is 79.0. The number of nitrogens with zero attached hydrogens (tertiary/aromatic N) is 65. The largest absolute Gasteiger partial charge is 0.494 e. The molecular weight excluding hydrogens is 1660 g/mol. The summed E-state index contributed by atoms with van der Waals surface area (Å²) in [6.45, 7) is 18.8. The van der Waals surface area contributed by atoms with Crippen LogP contribution in [0.5, 0.6) is 11.5 Å². The van der Waals surface area contributed by atoms with Crippen LogP contribution < -0.4 is 14.8 Å². The Labute approximate surface area is 680 Å². The first-order chi connectivity index (χ1) is 59.7. The third-order valence-electron chi connectivity index (χ3n) is 10.0. The fourth-order valence-corrected chi connectivity index (χ4v) is 5.87. The van der Waals surface area contributed by atoms with Gasteiger partial charge in [-0.2, -0.15) is 11.1 Å². The highest BCUT2D eigenvalue weighted by molar-refractivity contribution is 6.33. The maximum atomic E-state index is 12.9. The van der Waals surface area contributed by atoms with Gasteiger partial charge in [-0.3, -0.25) is 9.59 Å². The summed E-state index contributed by atoms with van der Waals surface area (Å²) in [4.78, 5) is 59.7. The summed E-state index contributed by atoms with van der Waals surface area (Å²) in [7, 11) is 1.65. The number of carbonyl (C=O) groups is 5. The zero-order valence-electron chi connectivity index (χ0n) is 62.9. The number of methoxy groups -OCH3 is 1. The molecule has 0 unspecified atom stereocenters. The van der Waals surface area contributed by atoms with Crippen LogP contribution in [0, 0.1) is 24.9 Å². The van der Waals surface area contributed by atoms with E-state index in [9.17, 15) is 24.0 Å². The van der Waals surface area contributed by atoms with Gasteiger partial charge in [0, 0.05) is 302 Å². The number of hydrogen-bond donors (Lipinski definition) is 3. The second-order valence-corrected chi connectivity index (χ2v) is 18.2. The van der Waals surface area contributed by atoms with Crippen LogP contribution in [0.2, 0.25) is 5.02 Å². The molecule has 0 saturated heterocycles. The predicted octanol–water partition coefficient (Wildman–Crippen LogP) is 20.7. The molecular formula is C43H57ClN68O10. The second-order valence-electron chi connectivity index (χ2n) is 17.8. The van der Waals surface area contributed by atoms with Gasteiger partial charge >= 0.3 is 17.9 Å². The number of esters is 3. The molecule has 0 bridgehead atoms. The normalized spacial score (nSPS) is 12.8. The zero-order valence-corrected chi connectivity index (χ0v) is 63.7. The highest BCUT2D eigenvalue weighted by Crippen LogP contribution is 2.34. The van der Waals surface area contributed by atoms with Crippen molar-refractivity contribution in [2.24, 2.45) is 334 Å². The molecule has 0 fully saturated rings. The minimum absolute atomic E-state index is 0.0294. The van der Waals surface area contributed by atoms with E-state index in [4.69, 9.17) is 46.3 Å². The van der Waals surface area contributed by atoms with Gasteiger partial charge in [0.25, 0.3) is 5.91 Å². The summed E-state index contributed by atoms with van der Waals surface area (Å²) in [5.74, 6) is -1.15. The quantitative estimate of drug-likeness (QED) is 0.0120. The topological polar surface area (TPSA) is 986 Å². The van der Waals surface area contributed by atoms with Crippen LogP contribution in [-0.2, 0) is 28.6 Å². The average molecular weight is 1720 g/mol.